The first-order valence-corrected chi connectivity index (χ1v) is 11.2. The monoisotopic (exact) mass is 501 g/mol. The third-order valence-corrected chi connectivity index (χ3v) is 5.89. The number of anilines is 1. The number of nitrogens with zero attached hydrogens (tertiary/aromatic N) is 4. The van der Waals surface area contributed by atoms with E-state index < -0.39 is 28.7 Å². The molecule has 10 heteroatoms. The van der Waals surface area contributed by atoms with E-state index in [1.165, 1.54) is 23.5 Å². The Morgan fingerprint density at radius 2 is 1.62 bits per heavy atom. The van der Waals surface area contributed by atoms with Gasteiger partial charge in [-0.25, -0.2) is 18.1 Å². The molecule has 0 radical (unpaired) electrons. The van der Waals surface area contributed by atoms with E-state index in [9.17, 15) is 9.59 Å². The van der Waals surface area contributed by atoms with Gasteiger partial charge in [0, 0.05) is 37.1 Å². The van der Waals surface area contributed by atoms with Crippen molar-refractivity contribution in [2.24, 2.45) is 7.05 Å². The van der Waals surface area contributed by atoms with E-state index in [1.54, 1.807) is 77.7 Å². The number of amides is 1. The Morgan fingerprint density at radius 1 is 0.946 bits per heavy atom. The van der Waals surface area contributed by atoms with Crippen molar-refractivity contribution in [2.75, 3.05) is 12.4 Å². The van der Waals surface area contributed by atoms with Gasteiger partial charge >= 0.3 is 0 Å². The molecule has 0 saturated carbocycles. The first-order valence-electron chi connectivity index (χ1n) is 11.2. The average molecular weight is 501 g/mol. The van der Waals surface area contributed by atoms with Crippen LogP contribution in [0.4, 0.5) is 14.5 Å². The van der Waals surface area contributed by atoms with Crippen molar-refractivity contribution in [3.05, 3.63) is 113 Å². The highest BCUT2D eigenvalue weighted by Gasteiger charge is 2.27. The van der Waals surface area contributed by atoms with Crippen molar-refractivity contribution < 1.29 is 18.3 Å². The minimum Gasteiger partial charge on any atom is -0.497 e. The van der Waals surface area contributed by atoms with Gasteiger partial charge in [0.2, 0.25) is 0 Å². The molecule has 8 nitrogen and oxygen atoms in total. The Morgan fingerprint density at radius 3 is 2.22 bits per heavy atom. The van der Waals surface area contributed by atoms with E-state index in [0.717, 1.165) is 17.8 Å². The van der Waals surface area contributed by atoms with Crippen molar-refractivity contribution in [2.45, 2.75) is 0 Å². The van der Waals surface area contributed by atoms with Crippen LogP contribution in [0, 0.1) is 11.6 Å². The van der Waals surface area contributed by atoms with E-state index in [1.807, 2.05) is 0 Å². The number of hydrogen-bond acceptors (Lipinski definition) is 4. The quantitative estimate of drug-likeness (QED) is 0.370. The predicted molar refractivity (Wildman–Crippen MR) is 134 cm³/mol. The summed E-state index contributed by atoms with van der Waals surface area (Å²) in [4.78, 5) is 26.7. The second kappa shape index (κ2) is 9.57. The Balaban J connectivity index is 1.63. The molecule has 0 saturated heterocycles. The number of halogens is 2. The summed E-state index contributed by atoms with van der Waals surface area (Å²) < 4.78 is 39.4. The predicted octanol–water partition coefficient (Wildman–Crippen LogP) is 4.57. The van der Waals surface area contributed by atoms with Crippen LogP contribution in [-0.2, 0) is 7.05 Å². The number of para-hydroxylation sites is 1. The summed E-state index contributed by atoms with van der Waals surface area (Å²) in [6.07, 6.45) is 3.39. The fourth-order valence-electron chi connectivity index (χ4n) is 4.13. The molecule has 0 aliphatic carbocycles. The zero-order chi connectivity index (χ0) is 26.1. The van der Waals surface area contributed by atoms with Gasteiger partial charge in [-0.2, -0.15) is 5.10 Å². The molecule has 3 aromatic carbocycles. The summed E-state index contributed by atoms with van der Waals surface area (Å²) in [6, 6.07) is 18.9. The Labute approximate surface area is 209 Å². The van der Waals surface area contributed by atoms with Gasteiger partial charge in [0.05, 0.1) is 24.0 Å². The lowest BCUT2D eigenvalue weighted by atomic mass is 10.1. The molecule has 5 aromatic rings. The highest BCUT2D eigenvalue weighted by Crippen LogP contribution is 2.34. The van der Waals surface area contributed by atoms with E-state index in [0.29, 0.717) is 5.69 Å². The molecule has 0 aliphatic heterocycles. The maximum Gasteiger partial charge on any atom is 0.295 e. The number of carbonyl (C=O) groups excluding carboxylic acids is 1. The van der Waals surface area contributed by atoms with Crippen molar-refractivity contribution in [1.29, 1.82) is 0 Å². The van der Waals surface area contributed by atoms with E-state index in [2.05, 4.69) is 10.4 Å². The van der Waals surface area contributed by atoms with E-state index in [4.69, 9.17) is 4.74 Å². The van der Waals surface area contributed by atoms with Crippen LogP contribution in [0.3, 0.4) is 0 Å². The number of rotatable bonds is 6. The molecule has 0 bridgehead atoms. The topological polar surface area (TPSA) is 83.1 Å². The van der Waals surface area contributed by atoms with E-state index >= 15 is 8.78 Å². The fourth-order valence-corrected chi connectivity index (χ4v) is 4.13. The number of carbonyl (C=O) groups is 1. The Hall–Kier alpha value is -4.99. The third-order valence-electron chi connectivity index (χ3n) is 5.89. The summed E-state index contributed by atoms with van der Waals surface area (Å²) in [6.45, 7) is 0. The van der Waals surface area contributed by atoms with Crippen LogP contribution in [0.5, 0.6) is 5.75 Å². The number of aromatic nitrogens is 4. The maximum atomic E-state index is 15.2. The van der Waals surface area contributed by atoms with Crippen molar-refractivity contribution in [3.8, 4) is 28.4 Å². The van der Waals surface area contributed by atoms with Gasteiger partial charge in [0.1, 0.15) is 28.8 Å². The van der Waals surface area contributed by atoms with Crippen LogP contribution >= 0.6 is 0 Å². The highest BCUT2D eigenvalue weighted by atomic mass is 19.1. The van der Waals surface area contributed by atoms with Gasteiger partial charge in [-0.15, -0.1) is 0 Å². The van der Waals surface area contributed by atoms with Gasteiger partial charge in [-0.05, 0) is 42.5 Å². The SMILES string of the molecule is COc1cc(F)c(-c2c(NC(=O)c3ccc(-n4cccn4)cc3)c(=O)n(-c3ccccc3)n2C)c(F)c1. The van der Waals surface area contributed by atoms with E-state index in [-0.39, 0.29) is 22.7 Å². The zero-order valence-corrected chi connectivity index (χ0v) is 19.9. The lowest BCUT2D eigenvalue weighted by Gasteiger charge is -2.13. The number of nitrogens with one attached hydrogen (secondary N) is 1. The van der Waals surface area contributed by atoms with Crippen LogP contribution in [-0.4, -0.2) is 32.2 Å². The summed E-state index contributed by atoms with van der Waals surface area (Å²) in [5.74, 6) is -2.53. The molecule has 0 atom stereocenters. The summed E-state index contributed by atoms with van der Waals surface area (Å²) >= 11 is 0. The molecular weight excluding hydrogens is 480 g/mol. The molecule has 1 amide bonds. The molecular formula is C27H21F2N5O3. The molecule has 5 rings (SSSR count). The fraction of sp³-hybridized carbons (Fsp3) is 0.0741. The van der Waals surface area contributed by atoms with Crippen LogP contribution in [0.2, 0.25) is 0 Å². The summed E-state index contributed by atoms with van der Waals surface area (Å²) in [5.41, 5.74) is -0.0970. The van der Waals surface area contributed by atoms with Crippen LogP contribution in [0.1, 0.15) is 10.4 Å². The number of ether oxygens (including phenoxy) is 1. The largest absolute Gasteiger partial charge is 0.497 e. The normalized spacial score (nSPS) is 10.9. The molecule has 1 N–H and O–H groups in total. The van der Waals surface area contributed by atoms with Crippen LogP contribution in [0.25, 0.3) is 22.6 Å². The van der Waals surface area contributed by atoms with Crippen molar-refractivity contribution in [1.82, 2.24) is 19.1 Å². The molecule has 0 aliphatic rings. The highest BCUT2D eigenvalue weighted by molar-refractivity contribution is 6.06. The minimum absolute atomic E-state index is 0.0194. The van der Waals surface area contributed by atoms with Gasteiger partial charge in [-0.3, -0.25) is 14.3 Å². The molecule has 0 fully saturated rings. The molecule has 37 heavy (non-hydrogen) atoms. The molecule has 0 spiro atoms. The summed E-state index contributed by atoms with van der Waals surface area (Å²) in [5, 5.41) is 6.73. The van der Waals surface area contributed by atoms with Gasteiger partial charge < -0.3 is 10.1 Å². The van der Waals surface area contributed by atoms with Crippen molar-refractivity contribution >= 4 is 11.6 Å². The maximum absolute atomic E-state index is 15.2. The second-order valence-corrected chi connectivity index (χ2v) is 8.12. The third kappa shape index (κ3) is 4.29. The molecule has 186 valence electrons. The van der Waals surface area contributed by atoms with Gasteiger partial charge in [0.15, 0.2) is 0 Å². The van der Waals surface area contributed by atoms with Crippen LogP contribution in [0.15, 0.2) is 90.0 Å². The van der Waals surface area contributed by atoms with Gasteiger partial charge in [-0.1, -0.05) is 18.2 Å². The number of hydrogen-bond donors (Lipinski definition) is 1. The minimum atomic E-state index is -0.947. The summed E-state index contributed by atoms with van der Waals surface area (Å²) in [7, 11) is 2.78. The lowest BCUT2D eigenvalue weighted by Crippen LogP contribution is -2.23. The first-order chi connectivity index (χ1) is 17.9. The lowest BCUT2D eigenvalue weighted by molar-refractivity contribution is 0.102. The molecule has 2 aromatic heterocycles. The van der Waals surface area contributed by atoms with Gasteiger partial charge in [0.25, 0.3) is 11.5 Å². The van der Waals surface area contributed by atoms with Crippen LogP contribution < -0.4 is 15.6 Å². The zero-order valence-electron chi connectivity index (χ0n) is 19.9. The molecule has 0 unspecified atom stereocenters. The first kappa shape index (κ1) is 23.7. The van der Waals surface area contributed by atoms with Crippen molar-refractivity contribution in [3.63, 3.8) is 0 Å². The average Bonchev–Trinajstić information content (AvgIpc) is 3.52. The molecule has 2 heterocycles. The Bertz CT molecular complexity index is 1620. The Kier molecular flexibility index (Phi) is 6.14. The number of benzene rings is 3. The standard InChI is InChI=1S/C27H21F2N5O3/c1-32-25(23-21(28)15-20(37-2)16-22(23)29)24(27(36)34(32)19-7-4-3-5-8-19)31-26(35)17-9-11-18(12-10-17)33-14-6-13-30-33/h3-16H,1-2H3,(H,31,35). The number of methoxy groups -OCH3 is 1. The second-order valence-electron chi connectivity index (χ2n) is 8.12. The smallest absolute Gasteiger partial charge is 0.295 e.